The number of sulfone groups is 1. The Hall–Kier alpha value is -0.990. The molecule has 3 rings (SSSR count). The SMILES string of the molecule is CC1(n2cc(C=O)c(-c3ccc(Br)s3)n2)CCS(=O)(=O)C1. The molecule has 1 aliphatic heterocycles. The molecule has 0 radical (unpaired) electrons. The first-order valence-electron chi connectivity index (χ1n) is 6.34. The molecule has 1 saturated heterocycles. The summed E-state index contributed by atoms with van der Waals surface area (Å²) in [6.45, 7) is 1.87. The fourth-order valence-electron chi connectivity index (χ4n) is 2.56. The molecule has 1 atom stereocenters. The molecule has 0 N–H and O–H groups in total. The number of carbonyl (C=O) groups excluding carboxylic acids is 1. The zero-order valence-corrected chi connectivity index (χ0v) is 14.5. The molecule has 0 amide bonds. The van der Waals surface area contributed by atoms with E-state index in [2.05, 4.69) is 21.0 Å². The fraction of sp³-hybridized carbons (Fsp3) is 0.385. The molecule has 21 heavy (non-hydrogen) atoms. The summed E-state index contributed by atoms with van der Waals surface area (Å²) in [5.74, 6) is 0.229. The van der Waals surface area contributed by atoms with Gasteiger partial charge in [-0.25, -0.2) is 8.42 Å². The summed E-state index contributed by atoms with van der Waals surface area (Å²) in [7, 11) is -3.03. The third-order valence-electron chi connectivity index (χ3n) is 3.71. The van der Waals surface area contributed by atoms with Gasteiger partial charge < -0.3 is 0 Å². The Morgan fingerprint density at radius 3 is 2.76 bits per heavy atom. The van der Waals surface area contributed by atoms with Crippen LogP contribution in [0.2, 0.25) is 0 Å². The van der Waals surface area contributed by atoms with E-state index in [4.69, 9.17) is 0 Å². The Labute approximate surface area is 135 Å². The van der Waals surface area contributed by atoms with Crippen molar-refractivity contribution in [3.63, 3.8) is 0 Å². The molecule has 1 unspecified atom stereocenters. The molecule has 0 aromatic carbocycles. The van der Waals surface area contributed by atoms with Gasteiger partial charge in [0.1, 0.15) is 5.69 Å². The summed E-state index contributed by atoms with van der Waals surface area (Å²) in [5, 5.41) is 4.49. The third kappa shape index (κ3) is 2.72. The third-order valence-corrected chi connectivity index (χ3v) is 7.23. The first kappa shape index (κ1) is 14.9. The maximum Gasteiger partial charge on any atom is 0.153 e. The maximum atomic E-state index is 11.7. The van der Waals surface area contributed by atoms with E-state index < -0.39 is 15.4 Å². The molecule has 0 spiro atoms. The van der Waals surface area contributed by atoms with Crippen LogP contribution in [-0.2, 0) is 15.4 Å². The summed E-state index contributed by atoms with van der Waals surface area (Å²) in [4.78, 5) is 12.2. The lowest BCUT2D eigenvalue weighted by atomic mass is 10.0. The van der Waals surface area contributed by atoms with E-state index in [1.54, 1.807) is 10.9 Å². The molecule has 112 valence electrons. The van der Waals surface area contributed by atoms with E-state index in [1.807, 2.05) is 19.1 Å². The van der Waals surface area contributed by atoms with Gasteiger partial charge in [0, 0.05) is 6.20 Å². The number of aldehydes is 1. The highest BCUT2D eigenvalue weighted by Crippen LogP contribution is 2.35. The number of nitrogens with zero attached hydrogens (tertiary/aromatic N) is 2. The number of halogens is 1. The van der Waals surface area contributed by atoms with Crippen molar-refractivity contribution >= 4 is 43.4 Å². The van der Waals surface area contributed by atoms with Gasteiger partial charge in [-0.1, -0.05) is 0 Å². The molecular weight excluding hydrogens is 376 g/mol. The molecule has 3 heterocycles. The zero-order chi connectivity index (χ0) is 15.3. The van der Waals surface area contributed by atoms with E-state index in [0.29, 0.717) is 17.7 Å². The minimum atomic E-state index is -3.03. The lowest BCUT2D eigenvalue weighted by Crippen LogP contribution is -2.31. The Kier molecular flexibility index (Phi) is 3.58. The second-order valence-corrected chi connectivity index (χ2v) is 10.1. The van der Waals surface area contributed by atoms with E-state index >= 15 is 0 Å². The fourth-order valence-corrected chi connectivity index (χ4v) is 6.07. The highest BCUT2D eigenvalue weighted by Gasteiger charge is 2.41. The molecule has 1 fully saturated rings. The number of hydrogen-bond donors (Lipinski definition) is 0. The predicted octanol–water partition coefficient (Wildman–Crippen LogP) is 2.72. The second-order valence-electron chi connectivity index (χ2n) is 5.44. The lowest BCUT2D eigenvalue weighted by Gasteiger charge is -2.22. The van der Waals surface area contributed by atoms with E-state index in [-0.39, 0.29) is 11.5 Å². The molecule has 1 aliphatic rings. The van der Waals surface area contributed by atoms with Gasteiger partial charge in [0.15, 0.2) is 16.1 Å². The van der Waals surface area contributed by atoms with Crippen LogP contribution in [0.3, 0.4) is 0 Å². The van der Waals surface area contributed by atoms with Gasteiger partial charge in [0.2, 0.25) is 0 Å². The smallest absolute Gasteiger partial charge is 0.153 e. The predicted molar refractivity (Wildman–Crippen MR) is 85.5 cm³/mol. The average Bonchev–Trinajstić information content (AvgIpc) is 3.07. The number of aromatic nitrogens is 2. The van der Waals surface area contributed by atoms with Crippen LogP contribution in [-0.4, -0.2) is 36.0 Å². The first-order valence-corrected chi connectivity index (χ1v) is 9.78. The van der Waals surface area contributed by atoms with Crippen LogP contribution in [0.5, 0.6) is 0 Å². The second kappa shape index (κ2) is 5.03. The highest BCUT2D eigenvalue weighted by atomic mass is 79.9. The van der Waals surface area contributed by atoms with Crippen molar-refractivity contribution in [3.05, 3.63) is 27.7 Å². The summed E-state index contributed by atoms with van der Waals surface area (Å²) < 4.78 is 26.1. The number of hydrogen-bond acceptors (Lipinski definition) is 5. The Morgan fingerprint density at radius 2 is 2.24 bits per heavy atom. The lowest BCUT2D eigenvalue weighted by molar-refractivity contribution is 0.112. The van der Waals surface area contributed by atoms with Gasteiger partial charge in [-0.2, -0.15) is 5.10 Å². The quantitative estimate of drug-likeness (QED) is 0.757. The molecular formula is C13H13BrN2O3S2. The normalized spacial score (nSPS) is 24.3. The van der Waals surface area contributed by atoms with Gasteiger partial charge in [-0.05, 0) is 41.4 Å². The topological polar surface area (TPSA) is 69.0 Å². The van der Waals surface area contributed by atoms with Crippen LogP contribution in [0.1, 0.15) is 23.7 Å². The van der Waals surface area contributed by atoms with Crippen molar-refractivity contribution in [2.75, 3.05) is 11.5 Å². The maximum absolute atomic E-state index is 11.7. The van der Waals surface area contributed by atoms with Crippen LogP contribution in [0.15, 0.2) is 22.1 Å². The Bertz CT molecular complexity index is 809. The van der Waals surface area contributed by atoms with Crippen LogP contribution in [0.4, 0.5) is 0 Å². The minimum absolute atomic E-state index is 0.0630. The van der Waals surface area contributed by atoms with Gasteiger partial charge in [-0.3, -0.25) is 9.48 Å². The molecule has 5 nitrogen and oxygen atoms in total. The van der Waals surface area contributed by atoms with Crippen LogP contribution >= 0.6 is 27.3 Å². The monoisotopic (exact) mass is 388 g/mol. The summed E-state index contributed by atoms with van der Waals surface area (Å²) >= 11 is 4.88. The van der Waals surface area contributed by atoms with Crippen molar-refractivity contribution < 1.29 is 13.2 Å². The van der Waals surface area contributed by atoms with Crippen LogP contribution < -0.4 is 0 Å². The Morgan fingerprint density at radius 1 is 1.48 bits per heavy atom. The van der Waals surface area contributed by atoms with Crippen LogP contribution in [0.25, 0.3) is 10.6 Å². The molecule has 0 aliphatic carbocycles. The molecule has 0 saturated carbocycles. The largest absolute Gasteiger partial charge is 0.298 e. The number of rotatable bonds is 3. The molecule has 2 aromatic heterocycles. The van der Waals surface area contributed by atoms with Crippen molar-refractivity contribution in [1.82, 2.24) is 9.78 Å². The van der Waals surface area contributed by atoms with Gasteiger partial charge in [-0.15, -0.1) is 11.3 Å². The number of thiophene rings is 1. The number of carbonyl (C=O) groups is 1. The summed E-state index contributed by atoms with van der Waals surface area (Å²) in [6, 6.07) is 3.79. The Balaban J connectivity index is 2.06. The highest BCUT2D eigenvalue weighted by molar-refractivity contribution is 9.11. The first-order chi connectivity index (χ1) is 9.83. The van der Waals surface area contributed by atoms with Gasteiger partial charge in [0.05, 0.1) is 31.3 Å². The van der Waals surface area contributed by atoms with Gasteiger partial charge >= 0.3 is 0 Å². The molecule has 2 aromatic rings. The minimum Gasteiger partial charge on any atom is -0.298 e. The zero-order valence-electron chi connectivity index (χ0n) is 11.2. The van der Waals surface area contributed by atoms with Crippen molar-refractivity contribution in [2.24, 2.45) is 0 Å². The standard InChI is InChI=1S/C13H13BrN2O3S2/c1-13(4-5-21(18,19)8-13)16-6-9(7-17)12(15-16)10-2-3-11(14)20-10/h2-3,6-7H,4-5,8H2,1H3. The molecule has 0 bridgehead atoms. The van der Waals surface area contributed by atoms with Crippen molar-refractivity contribution in [1.29, 1.82) is 0 Å². The van der Waals surface area contributed by atoms with Gasteiger partial charge in [0.25, 0.3) is 0 Å². The van der Waals surface area contributed by atoms with E-state index in [1.165, 1.54) is 11.3 Å². The van der Waals surface area contributed by atoms with E-state index in [9.17, 15) is 13.2 Å². The summed E-state index contributed by atoms with van der Waals surface area (Å²) in [6.07, 6.45) is 2.93. The van der Waals surface area contributed by atoms with Crippen molar-refractivity contribution in [2.45, 2.75) is 18.9 Å². The van der Waals surface area contributed by atoms with Crippen LogP contribution in [0, 0.1) is 0 Å². The average molecular weight is 389 g/mol. The van der Waals surface area contributed by atoms with Crippen molar-refractivity contribution in [3.8, 4) is 10.6 Å². The molecule has 8 heteroatoms. The summed E-state index contributed by atoms with van der Waals surface area (Å²) in [5.41, 5.74) is 0.504. The van der Waals surface area contributed by atoms with E-state index in [0.717, 1.165) is 14.9 Å².